The van der Waals surface area contributed by atoms with Gasteiger partial charge in [0.15, 0.2) is 0 Å². The SMILES string of the molecule is O[C@@]12CCCC[C@@H]1[C@@H](c1ccc(Br)cc1)NCC2. The summed E-state index contributed by atoms with van der Waals surface area (Å²) < 4.78 is 1.11. The lowest BCUT2D eigenvalue weighted by Crippen LogP contribution is -2.53. The van der Waals surface area contributed by atoms with Crippen LogP contribution in [0.4, 0.5) is 0 Å². The van der Waals surface area contributed by atoms with E-state index in [-0.39, 0.29) is 0 Å². The summed E-state index contributed by atoms with van der Waals surface area (Å²) >= 11 is 3.48. The fourth-order valence-electron chi connectivity index (χ4n) is 3.64. The summed E-state index contributed by atoms with van der Waals surface area (Å²) in [6.45, 7) is 0.924. The predicted molar refractivity (Wildman–Crippen MR) is 76.4 cm³/mol. The highest BCUT2D eigenvalue weighted by Gasteiger charge is 2.45. The third-order valence-corrected chi connectivity index (χ3v) is 5.15. The molecule has 1 aliphatic carbocycles. The number of fused-ring (bicyclic) bond motifs is 1. The number of hydrogen-bond acceptors (Lipinski definition) is 2. The van der Waals surface area contributed by atoms with E-state index >= 15 is 0 Å². The Bertz CT molecular complexity index is 415. The minimum atomic E-state index is -0.429. The van der Waals surface area contributed by atoms with Crippen LogP contribution in [0.3, 0.4) is 0 Å². The van der Waals surface area contributed by atoms with Crippen LogP contribution in [0.1, 0.15) is 43.7 Å². The zero-order chi connectivity index (χ0) is 12.6. The zero-order valence-electron chi connectivity index (χ0n) is 10.5. The van der Waals surface area contributed by atoms with Gasteiger partial charge in [-0.2, -0.15) is 0 Å². The molecule has 1 saturated heterocycles. The molecule has 0 bridgehead atoms. The predicted octanol–water partition coefficient (Wildman–Crippen LogP) is 3.40. The molecule has 98 valence electrons. The van der Waals surface area contributed by atoms with Gasteiger partial charge < -0.3 is 10.4 Å². The number of nitrogens with one attached hydrogen (secondary N) is 1. The Morgan fingerprint density at radius 2 is 1.94 bits per heavy atom. The smallest absolute Gasteiger partial charge is 0.0706 e. The average Bonchev–Trinajstić information content (AvgIpc) is 2.38. The summed E-state index contributed by atoms with van der Waals surface area (Å²) in [5.41, 5.74) is 0.879. The summed E-state index contributed by atoms with van der Waals surface area (Å²) in [7, 11) is 0. The van der Waals surface area contributed by atoms with Crippen LogP contribution in [0, 0.1) is 5.92 Å². The summed E-state index contributed by atoms with van der Waals surface area (Å²) in [6, 6.07) is 8.84. The van der Waals surface area contributed by atoms with E-state index in [0.29, 0.717) is 12.0 Å². The molecule has 0 spiro atoms. The number of halogens is 1. The van der Waals surface area contributed by atoms with E-state index in [0.717, 1.165) is 30.3 Å². The van der Waals surface area contributed by atoms with Gasteiger partial charge in [-0.05, 0) is 43.5 Å². The maximum absolute atomic E-state index is 10.8. The third kappa shape index (κ3) is 2.24. The van der Waals surface area contributed by atoms with E-state index < -0.39 is 5.60 Å². The monoisotopic (exact) mass is 309 g/mol. The molecule has 3 atom stereocenters. The largest absolute Gasteiger partial charge is 0.389 e. The molecular weight excluding hydrogens is 290 g/mol. The van der Waals surface area contributed by atoms with Gasteiger partial charge in [-0.3, -0.25) is 0 Å². The number of piperidine rings is 1. The molecule has 18 heavy (non-hydrogen) atoms. The van der Waals surface area contributed by atoms with Crippen molar-refractivity contribution in [3.05, 3.63) is 34.3 Å². The minimum Gasteiger partial charge on any atom is -0.389 e. The lowest BCUT2D eigenvalue weighted by Gasteiger charge is -2.48. The fourth-order valence-corrected chi connectivity index (χ4v) is 3.91. The van der Waals surface area contributed by atoms with Crippen molar-refractivity contribution in [1.29, 1.82) is 0 Å². The van der Waals surface area contributed by atoms with Gasteiger partial charge in [0.2, 0.25) is 0 Å². The summed E-state index contributed by atoms with van der Waals surface area (Å²) in [4.78, 5) is 0. The van der Waals surface area contributed by atoms with Gasteiger partial charge in [0, 0.05) is 16.4 Å². The van der Waals surface area contributed by atoms with Crippen LogP contribution in [0.2, 0.25) is 0 Å². The maximum Gasteiger partial charge on any atom is 0.0706 e. The van der Waals surface area contributed by atoms with Crippen LogP contribution in [-0.2, 0) is 0 Å². The van der Waals surface area contributed by atoms with E-state index in [9.17, 15) is 5.11 Å². The van der Waals surface area contributed by atoms with Crippen molar-refractivity contribution < 1.29 is 5.11 Å². The second-order valence-corrected chi connectivity index (χ2v) is 6.60. The van der Waals surface area contributed by atoms with Crippen LogP contribution in [0.15, 0.2) is 28.7 Å². The zero-order valence-corrected chi connectivity index (χ0v) is 12.1. The molecule has 0 unspecified atom stereocenters. The van der Waals surface area contributed by atoms with Crippen molar-refractivity contribution in [1.82, 2.24) is 5.32 Å². The van der Waals surface area contributed by atoms with Crippen molar-refractivity contribution in [3.8, 4) is 0 Å². The molecule has 2 N–H and O–H groups in total. The molecule has 1 saturated carbocycles. The Kier molecular flexibility index (Phi) is 3.48. The van der Waals surface area contributed by atoms with Crippen molar-refractivity contribution >= 4 is 15.9 Å². The Labute approximate surface area is 117 Å². The van der Waals surface area contributed by atoms with Gasteiger partial charge in [0.05, 0.1) is 5.60 Å². The Morgan fingerprint density at radius 3 is 2.72 bits per heavy atom. The van der Waals surface area contributed by atoms with Gasteiger partial charge >= 0.3 is 0 Å². The number of benzene rings is 1. The van der Waals surface area contributed by atoms with E-state index in [2.05, 4.69) is 45.5 Å². The first-order valence-corrected chi connectivity index (χ1v) is 7.70. The topological polar surface area (TPSA) is 32.3 Å². The molecule has 1 aliphatic heterocycles. The highest BCUT2D eigenvalue weighted by atomic mass is 79.9. The third-order valence-electron chi connectivity index (χ3n) is 4.62. The summed E-state index contributed by atoms with van der Waals surface area (Å²) in [5.74, 6) is 0.376. The first-order chi connectivity index (χ1) is 8.69. The molecule has 1 aromatic carbocycles. The Balaban J connectivity index is 1.88. The normalized spacial score (nSPS) is 36.1. The van der Waals surface area contributed by atoms with Crippen LogP contribution >= 0.6 is 15.9 Å². The van der Waals surface area contributed by atoms with Gasteiger partial charge in [-0.1, -0.05) is 40.9 Å². The number of hydrogen-bond donors (Lipinski definition) is 2. The summed E-state index contributed by atoms with van der Waals surface area (Å²) in [5, 5.41) is 14.4. The standard InChI is InChI=1S/C15H20BrNO/c16-12-6-4-11(5-7-12)14-13-3-1-2-8-15(13,18)9-10-17-14/h4-7,13-14,17-18H,1-3,8-10H2/t13-,14-,15-/m1/s1. The molecule has 2 aliphatic rings. The second kappa shape index (κ2) is 4.95. The molecule has 1 aromatic rings. The van der Waals surface area contributed by atoms with Gasteiger partial charge in [-0.15, -0.1) is 0 Å². The van der Waals surface area contributed by atoms with E-state index in [1.807, 2.05) is 0 Å². The molecule has 0 radical (unpaired) electrons. The molecule has 0 amide bonds. The quantitative estimate of drug-likeness (QED) is 0.833. The van der Waals surface area contributed by atoms with Crippen LogP contribution < -0.4 is 5.32 Å². The van der Waals surface area contributed by atoms with E-state index in [4.69, 9.17) is 0 Å². The Morgan fingerprint density at radius 1 is 1.17 bits per heavy atom. The van der Waals surface area contributed by atoms with Crippen LogP contribution in [0.5, 0.6) is 0 Å². The molecule has 2 nitrogen and oxygen atoms in total. The van der Waals surface area contributed by atoms with Gasteiger partial charge in [-0.25, -0.2) is 0 Å². The number of rotatable bonds is 1. The molecule has 2 fully saturated rings. The summed E-state index contributed by atoms with van der Waals surface area (Å²) in [6.07, 6.45) is 5.46. The highest BCUT2D eigenvalue weighted by molar-refractivity contribution is 9.10. The number of aliphatic hydroxyl groups is 1. The average molecular weight is 310 g/mol. The van der Waals surface area contributed by atoms with E-state index in [1.165, 1.54) is 18.4 Å². The fraction of sp³-hybridized carbons (Fsp3) is 0.600. The lowest BCUT2D eigenvalue weighted by atomic mass is 9.67. The highest BCUT2D eigenvalue weighted by Crippen LogP contribution is 2.45. The molecule has 1 heterocycles. The van der Waals surface area contributed by atoms with Crippen molar-refractivity contribution in [2.45, 2.75) is 43.7 Å². The molecule has 3 heteroatoms. The first kappa shape index (κ1) is 12.6. The molecule has 3 rings (SSSR count). The molecule has 0 aromatic heterocycles. The van der Waals surface area contributed by atoms with Crippen molar-refractivity contribution in [3.63, 3.8) is 0 Å². The van der Waals surface area contributed by atoms with Gasteiger partial charge in [0.1, 0.15) is 0 Å². The van der Waals surface area contributed by atoms with Gasteiger partial charge in [0.25, 0.3) is 0 Å². The lowest BCUT2D eigenvalue weighted by molar-refractivity contribution is -0.0861. The van der Waals surface area contributed by atoms with Crippen LogP contribution in [-0.4, -0.2) is 17.3 Å². The van der Waals surface area contributed by atoms with Crippen LogP contribution in [0.25, 0.3) is 0 Å². The van der Waals surface area contributed by atoms with Crippen molar-refractivity contribution in [2.24, 2.45) is 5.92 Å². The first-order valence-electron chi connectivity index (χ1n) is 6.90. The van der Waals surface area contributed by atoms with E-state index in [1.54, 1.807) is 0 Å². The van der Waals surface area contributed by atoms with Crippen molar-refractivity contribution in [2.75, 3.05) is 6.54 Å². The Hall–Kier alpha value is -0.380. The molecular formula is C15H20BrNO. The second-order valence-electron chi connectivity index (χ2n) is 5.69. The maximum atomic E-state index is 10.8. The minimum absolute atomic E-state index is 0.317.